The fourth-order valence-corrected chi connectivity index (χ4v) is 1.51. The fraction of sp³-hybridized carbons (Fsp3) is 0.364. The van der Waals surface area contributed by atoms with E-state index >= 15 is 0 Å². The first-order valence-corrected chi connectivity index (χ1v) is 5.87. The van der Waals surface area contributed by atoms with Crippen molar-refractivity contribution in [1.29, 1.82) is 0 Å². The highest BCUT2D eigenvalue weighted by Crippen LogP contribution is 2.14. The lowest BCUT2D eigenvalue weighted by atomic mass is 10.2. The number of morpholine rings is 1. The number of carboxylic acid groups (broad SMARTS) is 1. The smallest absolute Gasteiger partial charge is 0.338 e. The summed E-state index contributed by atoms with van der Waals surface area (Å²) < 4.78 is 18.2. The van der Waals surface area contributed by atoms with Gasteiger partial charge in [-0.1, -0.05) is 15.9 Å². The van der Waals surface area contributed by atoms with Gasteiger partial charge in [0.1, 0.15) is 5.82 Å². The molecule has 6 heteroatoms. The van der Waals surface area contributed by atoms with Gasteiger partial charge in [0, 0.05) is 17.6 Å². The summed E-state index contributed by atoms with van der Waals surface area (Å²) >= 11 is 3.01. The molecule has 1 aliphatic rings. The third-order valence-electron chi connectivity index (χ3n) is 2.01. The Labute approximate surface area is 107 Å². The Morgan fingerprint density at radius 3 is 2.41 bits per heavy atom. The number of aromatic carboxylic acids is 1. The van der Waals surface area contributed by atoms with Gasteiger partial charge in [0.25, 0.3) is 0 Å². The van der Waals surface area contributed by atoms with Gasteiger partial charge in [0.05, 0.1) is 18.8 Å². The average molecular weight is 306 g/mol. The van der Waals surface area contributed by atoms with Crippen LogP contribution in [0.1, 0.15) is 10.4 Å². The van der Waals surface area contributed by atoms with Gasteiger partial charge in [-0.2, -0.15) is 0 Å². The summed E-state index contributed by atoms with van der Waals surface area (Å²) in [5.41, 5.74) is -0.312. The van der Waals surface area contributed by atoms with Crippen LogP contribution < -0.4 is 5.32 Å². The molecule has 1 aromatic carbocycles. The molecule has 0 spiro atoms. The van der Waals surface area contributed by atoms with Gasteiger partial charge >= 0.3 is 5.97 Å². The van der Waals surface area contributed by atoms with Crippen molar-refractivity contribution in [3.63, 3.8) is 0 Å². The van der Waals surface area contributed by atoms with E-state index in [2.05, 4.69) is 21.2 Å². The van der Waals surface area contributed by atoms with Crippen molar-refractivity contribution in [3.05, 3.63) is 34.1 Å². The molecular formula is C11H13BrFNO3. The second kappa shape index (κ2) is 7.37. The molecule has 1 fully saturated rings. The highest BCUT2D eigenvalue weighted by Gasteiger charge is 2.08. The number of hydrogen-bond acceptors (Lipinski definition) is 3. The van der Waals surface area contributed by atoms with E-state index in [-0.39, 0.29) is 5.56 Å². The van der Waals surface area contributed by atoms with Crippen LogP contribution in [-0.2, 0) is 4.74 Å². The van der Waals surface area contributed by atoms with E-state index in [0.717, 1.165) is 32.4 Å². The standard InChI is InChI=1S/C7H4BrFO2.C4H9NO/c8-4-1-2-5(7(10)11)6(9)3-4;1-3-6-4-2-5-1/h1-3H,(H,10,11);5H,1-4H2. The van der Waals surface area contributed by atoms with Crippen molar-refractivity contribution in [2.45, 2.75) is 0 Å². The van der Waals surface area contributed by atoms with E-state index in [9.17, 15) is 9.18 Å². The molecule has 0 atom stereocenters. The van der Waals surface area contributed by atoms with Gasteiger partial charge in [-0.3, -0.25) is 0 Å². The molecule has 1 aliphatic heterocycles. The summed E-state index contributed by atoms with van der Waals surface area (Å²) in [5, 5.41) is 11.6. The van der Waals surface area contributed by atoms with Gasteiger partial charge in [-0.25, -0.2) is 9.18 Å². The molecule has 4 nitrogen and oxygen atoms in total. The Bertz CT molecular complexity index is 371. The van der Waals surface area contributed by atoms with Crippen LogP contribution in [0, 0.1) is 5.82 Å². The van der Waals surface area contributed by atoms with E-state index in [0.29, 0.717) is 4.47 Å². The quantitative estimate of drug-likeness (QED) is 0.832. The molecule has 0 amide bonds. The summed E-state index contributed by atoms with van der Waals surface area (Å²) in [5.74, 6) is -1.98. The number of carbonyl (C=O) groups is 1. The minimum absolute atomic E-state index is 0.312. The van der Waals surface area contributed by atoms with Crippen molar-refractivity contribution in [3.8, 4) is 0 Å². The zero-order valence-corrected chi connectivity index (χ0v) is 10.7. The zero-order chi connectivity index (χ0) is 12.7. The van der Waals surface area contributed by atoms with E-state index in [4.69, 9.17) is 9.84 Å². The molecule has 94 valence electrons. The Hall–Kier alpha value is -0.980. The zero-order valence-electron chi connectivity index (χ0n) is 9.08. The maximum absolute atomic E-state index is 12.7. The summed E-state index contributed by atoms with van der Waals surface area (Å²) in [4.78, 5) is 10.3. The van der Waals surface area contributed by atoms with Gasteiger partial charge < -0.3 is 15.2 Å². The molecule has 1 saturated heterocycles. The molecule has 17 heavy (non-hydrogen) atoms. The second-order valence-corrected chi connectivity index (χ2v) is 4.21. The van der Waals surface area contributed by atoms with Crippen LogP contribution in [0.25, 0.3) is 0 Å². The van der Waals surface area contributed by atoms with E-state index in [1.165, 1.54) is 12.1 Å². The molecule has 0 unspecified atom stereocenters. The highest BCUT2D eigenvalue weighted by atomic mass is 79.9. The van der Waals surface area contributed by atoms with Crippen LogP contribution in [0.4, 0.5) is 4.39 Å². The molecule has 0 aliphatic carbocycles. The average Bonchev–Trinajstić information content (AvgIpc) is 2.31. The largest absolute Gasteiger partial charge is 0.478 e. The van der Waals surface area contributed by atoms with Crippen molar-refractivity contribution >= 4 is 21.9 Å². The molecular weight excluding hydrogens is 293 g/mol. The van der Waals surface area contributed by atoms with Crippen LogP contribution in [0.3, 0.4) is 0 Å². The summed E-state index contributed by atoms with van der Waals surface area (Å²) in [6.07, 6.45) is 0. The number of carboxylic acids is 1. The lowest BCUT2D eigenvalue weighted by molar-refractivity contribution is 0.0692. The molecule has 2 rings (SSSR count). The minimum atomic E-state index is -1.25. The van der Waals surface area contributed by atoms with E-state index in [1.807, 2.05) is 0 Å². The van der Waals surface area contributed by atoms with E-state index < -0.39 is 11.8 Å². The van der Waals surface area contributed by atoms with Gasteiger partial charge in [0.2, 0.25) is 0 Å². The van der Waals surface area contributed by atoms with Gasteiger partial charge in [-0.05, 0) is 18.2 Å². The number of ether oxygens (including phenoxy) is 1. The maximum atomic E-state index is 12.7. The topological polar surface area (TPSA) is 58.6 Å². The molecule has 0 aromatic heterocycles. The van der Waals surface area contributed by atoms with Gasteiger partial charge in [0.15, 0.2) is 0 Å². The number of halogens is 2. The second-order valence-electron chi connectivity index (χ2n) is 3.29. The van der Waals surface area contributed by atoms with E-state index in [1.54, 1.807) is 0 Å². The molecule has 0 radical (unpaired) electrons. The minimum Gasteiger partial charge on any atom is -0.478 e. The predicted molar refractivity (Wildman–Crippen MR) is 64.7 cm³/mol. The van der Waals surface area contributed by atoms with Crippen molar-refractivity contribution < 1.29 is 19.0 Å². The van der Waals surface area contributed by atoms with Crippen LogP contribution >= 0.6 is 15.9 Å². The van der Waals surface area contributed by atoms with Crippen molar-refractivity contribution in [1.82, 2.24) is 5.32 Å². The highest BCUT2D eigenvalue weighted by molar-refractivity contribution is 9.10. The van der Waals surface area contributed by atoms with Crippen LogP contribution in [0.15, 0.2) is 22.7 Å². The third kappa shape index (κ3) is 5.25. The third-order valence-corrected chi connectivity index (χ3v) is 2.50. The first kappa shape index (κ1) is 14.1. The number of rotatable bonds is 1. The summed E-state index contributed by atoms with van der Waals surface area (Å²) in [6.45, 7) is 3.83. The van der Waals surface area contributed by atoms with Crippen LogP contribution in [0.2, 0.25) is 0 Å². The summed E-state index contributed by atoms with van der Waals surface area (Å²) in [6, 6.07) is 3.80. The molecule has 1 aromatic rings. The molecule has 0 bridgehead atoms. The van der Waals surface area contributed by atoms with Crippen LogP contribution in [0.5, 0.6) is 0 Å². The lowest BCUT2D eigenvalue weighted by Crippen LogP contribution is -2.30. The summed E-state index contributed by atoms with van der Waals surface area (Å²) in [7, 11) is 0. The number of benzene rings is 1. The van der Waals surface area contributed by atoms with Crippen molar-refractivity contribution in [2.24, 2.45) is 0 Å². The Kier molecular flexibility index (Phi) is 6.10. The number of nitrogens with one attached hydrogen (secondary N) is 1. The first-order valence-electron chi connectivity index (χ1n) is 5.08. The maximum Gasteiger partial charge on any atom is 0.338 e. The Morgan fingerprint density at radius 2 is 2.06 bits per heavy atom. The Morgan fingerprint density at radius 1 is 1.41 bits per heavy atom. The Balaban J connectivity index is 0.000000202. The number of hydrogen-bond donors (Lipinski definition) is 2. The molecule has 0 saturated carbocycles. The normalized spacial score (nSPS) is 14.7. The SMILES string of the molecule is C1COCCN1.O=C(O)c1ccc(Br)cc1F. The monoisotopic (exact) mass is 305 g/mol. The first-order chi connectivity index (χ1) is 8.11. The van der Waals surface area contributed by atoms with Crippen molar-refractivity contribution in [2.75, 3.05) is 26.3 Å². The molecule has 2 N–H and O–H groups in total. The van der Waals surface area contributed by atoms with Gasteiger partial charge in [-0.15, -0.1) is 0 Å². The fourth-order valence-electron chi connectivity index (χ4n) is 1.18. The lowest BCUT2D eigenvalue weighted by Gasteiger charge is -2.10. The van der Waals surface area contributed by atoms with Crippen LogP contribution in [-0.4, -0.2) is 37.4 Å². The molecule has 1 heterocycles. The predicted octanol–water partition coefficient (Wildman–Crippen LogP) is 1.89.